The zero-order chi connectivity index (χ0) is 11.9. The smallest absolute Gasteiger partial charge is 0.268 e. The maximum absolute atomic E-state index is 11.6. The Morgan fingerprint density at radius 2 is 2.12 bits per heavy atom. The Labute approximate surface area is 92.6 Å². The van der Waals surface area contributed by atoms with Crippen molar-refractivity contribution >= 4 is 17.5 Å². The highest BCUT2D eigenvalue weighted by molar-refractivity contribution is 6.02. The maximum atomic E-state index is 11.6. The monoisotopic (exact) mass is 220 g/mol. The molecule has 2 amide bonds. The summed E-state index contributed by atoms with van der Waals surface area (Å²) in [5.41, 5.74) is 5.05. The van der Waals surface area contributed by atoms with Crippen molar-refractivity contribution in [3.05, 3.63) is 23.8 Å². The molecule has 1 aromatic rings. The number of benzene rings is 1. The summed E-state index contributed by atoms with van der Waals surface area (Å²) in [5.74, 6) is -0.252. The van der Waals surface area contributed by atoms with Crippen LogP contribution in [0, 0.1) is 0 Å². The van der Waals surface area contributed by atoms with Crippen molar-refractivity contribution in [2.45, 2.75) is 19.4 Å². The molecule has 1 aliphatic rings. The van der Waals surface area contributed by atoms with Crippen LogP contribution in [0.2, 0.25) is 0 Å². The number of carbonyl (C=O) groups is 2. The van der Waals surface area contributed by atoms with Crippen LogP contribution in [0.25, 0.3) is 0 Å². The summed E-state index contributed by atoms with van der Waals surface area (Å²) >= 11 is 0. The zero-order valence-electron chi connectivity index (χ0n) is 9.03. The minimum atomic E-state index is -0.902. The predicted molar refractivity (Wildman–Crippen MR) is 58.3 cm³/mol. The Hall–Kier alpha value is -2.04. The molecule has 3 N–H and O–H groups in total. The zero-order valence-corrected chi connectivity index (χ0v) is 9.03. The molecular formula is C11H12N2O3. The van der Waals surface area contributed by atoms with Gasteiger partial charge in [-0.3, -0.25) is 9.59 Å². The van der Waals surface area contributed by atoms with Gasteiger partial charge in [0.1, 0.15) is 5.75 Å². The molecule has 0 spiro atoms. The Morgan fingerprint density at radius 1 is 1.44 bits per heavy atom. The van der Waals surface area contributed by atoms with Gasteiger partial charge in [0, 0.05) is 5.56 Å². The molecule has 1 aromatic carbocycles. The van der Waals surface area contributed by atoms with E-state index in [4.69, 9.17) is 10.5 Å². The molecule has 1 aliphatic heterocycles. The minimum Gasteiger partial charge on any atom is -0.476 e. The van der Waals surface area contributed by atoms with E-state index in [1.165, 1.54) is 6.07 Å². The van der Waals surface area contributed by atoms with Gasteiger partial charge in [0.05, 0.1) is 5.69 Å². The molecule has 0 fully saturated rings. The summed E-state index contributed by atoms with van der Waals surface area (Å²) in [7, 11) is 0. The van der Waals surface area contributed by atoms with Gasteiger partial charge in [-0.25, -0.2) is 0 Å². The molecule has 0 aromatic heterocycles. The molecule has 0 saturated heterocycles. The van der Waals surface area contributed by atoms with Crippen molar-refractivity contribution in [1.29, 1.82) is 0 Å². The molecule has 0 radical (unpaired) electrons. The fourth-order valence-electron chi connectivity index (χ4n) is 1.46. The van der Waals surface area contributed by atoms with Gasteiger partial charge in [-0.15, -0.1) is 0 Å². The van der Waals surface area contributed by atoms with E-state index in [-0.39, 0.29) is 5.91 Å². The maximum Gasteiger partial charge on any atom is 0.268 e. The number of primary amides is 1. The summed E-state index contributed by atoms with van der Waals surface area (Å²) in [5, 5.41) is 2.67. The van der Waals surface area contributed by atoms with Gasteiger partial charge >= 0.3 is 0 Å². The number of hydrogen-bond acceptors (Lipinski definition) is 3. The van der Waals surface area contributed by atoms with E-state index in [1.807, 2.05) is 0 Å². The Morgan fingerprint density at radius 3 is 2.75 bits per heavy atom. The van der Waals surface area contributed by atoms with E-state index >= 15 is 0 Å². The van der Waals surface area contributed by atoms with Gasteiger partial charge in [-0.1, -0.05) is 0 Å². The second-order valence-electron chi connectivity index (χ2n) is 4.14. The van der Waals surface area contributed by atoms with E-state index < -0.39 is 11.5 Å². The number of anilines is 1. The molecule has 5 nitrogen and oxygen atoms in total. The number of rotatable bonds is 1. The van der Waals surface area contributed by atoms with Crippen LogP contribution in [0.15, 0.2) is 18.2 Å². The lowest BCUT2D eigenvalue weighted by molar-refractivity contribution is -0.129. The summed E-state index contributed by atoms with van der Waals surface area (Å²) in [6.07, 6.45) is 0. The summed E-state index contributed by atoms with van der Waals surface area (Å²) in [4.78, 5) is 22.6. The SMILES string of the molecule is CC1(C)Oc2ccc(C(N)=O)cc2NC1=O. The van der Waals surface area contributed by atoms with Crippen LogP contribution < -0.4 is 15.8 Å². The highest BCUT2D eigenvalue weighted by Gasteiger charge is 2.35. The van der Waals surface area contributed by atoms with Gasteiger partial charge in [0.25, 0.3) is 5.91 Å². The molecule has 0 aliphatic carbocycles. The molecule has 16 heavy (non-hydrogen) atoms. The quantitative estimate of drug-likeness (QED) is 0.737. The third kappa shape index (κ3) is 1.60. The van der Waals surface area contributed by atoms with Crippen molar-refractivity contribution in [3.8, 4) is 5.75 Å². The molecule has 1 heterocycles. The van der Waals surface area contributed by atoms with Crippen LogP contribution in [-0.2, 0) is 4.79 Å². The first kappa shape index (κ1) is 10.5. The van der Waals surface area contributed by atoms with Crippen LogP contribution in [0.4, 0.5) is 5.69 Å². The standard InChI is InChI=1S/C11H12N2O3/c1-11(2)10(15)13-7-5-6(9(12)14)3-4-8(7)16-11/h3-5H,1-2H3,(H2,12,14)(H,13,15). The molecule has 0 unspecified atom stereocenters. The first-order valence-electron chi connectivity index (χ1n) is 4.84. The second-order valence-corrected chi connectivity index (χ2v) is 4.14. The number of carbonyl (C=O) groups excluding carboxylic acids is 2. The lowest BCUT2D eigenvalue weighted by Crippen LogP contribution is -2.45. The van der Waals surface area contributed by atoms with E-state index in [2.05, 4.69) is 5.32 Å². The first-order chi connectivity index (χ1) is 7.40. The summed E-state index contributed by atoms with van der Waals surface area (Å²) < 4.78 is 5.50. The Bertz CT molecular complexity index is 480. The number of ether oxygens (including phenoxy) is 1. The fraction of sp³-hybridized carbons (Fsp3) is 0.273. The molecule has 5 heteroatoms. The number of hydrogen-bond donors (Lipinski definition) is 2. The summed E-state index contributed by atoms with van der Waals surface area (Å²) in [6, 6.07) is 4.69. The van der Waals surface area contributed by atoms with Gasteiger partial charge < -0.3 is 15.8 Å². The summed E-state index contributed by atoms with van der Waals surface area (Å²) in [6.45, 7) is 3.35. The first-order valence-corrected chi connectivity index (χ1v) is 4.84. The lowest BCUT2D eigenvalue weighted by atomic mass is 10.0. The van der Waals surface area contributed by atoms with Gasteiger partial charge in [-0.05, 0) is 32.0 Å². The second kappa shape index (κ2) is 3.23. The molecule has 84 valence electrons. The predicted octanol–water partition coefficient (Wildman–Crippen LogP) is 0.895. The highest BCUT2D eigenvalue weighted by Crippen LogP contribution is 2.33. The van der Waals surface area contributed by atoms with Gasteiger partial charge in [0.2, 0.25) is 5.91 Å². The van der Waals surface area contributed by atoms with E-state index in [1.54, 1.807) is 26.0 Å². The Kier molecular flexibility index (Phi) is 2.11. The van der Waals surface area contributed by atoms with Crippen LogP contribution in [-0.4, -0.2) is 17.4 Å². The van der Waals surface area contributed by atoms with Crippen LogP contribution in [0.1, 0.15) is 24.2 Å². The number of fused-ring (bicyclic) bond motifs is 1. The molecular weight excluding hydrogens is 208 g/mol. The topological polar surface area (TPSA) is 81.4 Å². The van der Waals surface area contributed by atoms with Crippen LogP contribution >= 0.6 is 0 Å². The number of nitrogens with two attached hydrogens (primary N) is 1. The third-order valence-corrected chi connectivity index (χ3v) is 2.42. The minimum absolute atomic E-state index is 0.248. The number of nitrogens with one attached hydrogen (secondary N) is 1. The van der Waals surface area contributed by atoms with E-state index in [0.717, 1.165) is 0 Å². The van der Waals surface area contributed by atoms with Crippen molar-refractivity contribution < 1.29 is 14.3 Å². The van der Waals surface area contributed by atoms with Crippen molar-refractivity contribution in [1.82, 2.24) is 0 Å². The number of amides is 2. The van der Waals surface area contributed by atoms with Crippen molar-refractivity contribution in [2.24, 2.45) is 5.73 Å². The van der Waals surface area contributed by atoms with E-state index in [0.29, 0.717) is 17.0 Å². The van der Waals surface area contributed by atoms with Crippen LogP contribution in [0.5, 0.6) is 5.75 Å². The van der Waals surface area contributed by atoms with Gasteiger partial charge in [0.15, 0.2) is 5.60 Å². The molecule has 0 saturated carbocycles. The Balaban J connectivity index is 2.44. The van der Waals surface area contributed by atoms with E-state index in [9.17, 15) is 9.59 Å². The average Bonchev–Trinajstić information content (AvgIpc) is 2.18. The molecule has 0 bridgehead atoms. The molecule has 2 rings (SSSR count). The largest absolute Gasteiger partial charge is 0.476 e. The average molecular weight is 220 g/mol. The fourth-order valence-corrected chi connectivity index (χ4v) is 1.46. The van der Waals surface area contributed by atoms with Crippen molar-refractivity contribution in [3.63, 3.8) is 0 Å². The molecule has 0 atom stereocenters. The van der Waals surface area contributed by atoms with Gasteiger partial charge in [-0.2, -0.15) is 0 Å². The van der Waals surface area contributed by atoms with Crippen molar-refractivity contribution in [2.75, 3.05) is 5.32 Å². The highest BCUT2D eigenvalue weighted by atomic mass is 16.5. The lowest BCUT2D eigenvalue weighted by Gasteiger charge is -2.31. The normalized spacial score (nSPS) is 17.0. The third-order valence-electron chi connectivity index (χ3n) is 2.42. The van der Waals surface area contributed by atoms with Crippen LogP contribution in [0.3, 0.4) is 0 Å².